The number of carbonyl (C=O) groups excluding carboxylic acids is 1. The quantitative estimate of drug-likeness (QED) is 0.657. The lowest BCUT2D eigenvalue weighted by Gasteiger charge is -2.10. The van der Waals surface area contributed by atoms with Crippen LogP contribution in [-0.2, 0) is 4.79 Å². The number of nitrogen functional groups attached to an aromatic ring is 1. The van der Waals surface area contributed by atoms with Gasteiger partial charge in [-0.3, -0.25) is 4.79 Å². The fraction of sp³-hybridized carbons (Fsp3) is 0.571. The Hall–Kier alpha value is -1.78. The molecular weight excluding hydrogens is 240 g/mol. The fourth-order valence-corrected chi connectivity index (χ4v) is 1.65. The molecule has 0 aliphatic heterocycles. The van der Waals surface area contributed by atoms with Crippen molar-refractivity contribution < 1.29 is 4.79 Å². The number of nitrogens with zero attached hydrogens (tertiary/aromatic N) is 1. The topological polar surface area (TPSA) is 80.0 Å². The van der Waals surface area contributed by atoms with Crippen LogP contribution >= 0.6 is 0 Å². The van der Waals surface area contributed by atoms with Crippen LogP contribution in [0.2, 0.25) is 0 Å². The van der Waals surface area contributed by atoms with Gasteiger partial charge >= 0.3 is 0 Å². The monoisotopic (exact) mass is 264 g/mol. The molecule has 1 aromatic rings. The molecule has 0 saturated carbocycles. The highest BCUT2D eigenvalue weighted by atomic mass is 16.1. The number of unbranched alkanes of at least 4 members (excludes halogenated alkanes) is 1. The molecule has 0 spiro atoms. The molecule has 0 radical (unpaired) electrons. The van der Waals surface area contributed by atoms with E-state index >= 15 is 0 Å². The van der Waals surface area contributed by atoms with E-state index in [-0.39, 0.29) is 11.8 Å². The Kier molecular flexibility index (Phi) is 6.12. The van der Waals surface area contributed by atoms with Crippen LogP contribution in [0.3, 0.4) is 0 Å². The molecule has 1 heterocycles. The predicted octanol–water partition coefficient (Wildman–Crippen LogP) is 1.94. The van der Waals surface area contributed by atoms with Gasteiger partial charge in [0, 0.05) is 19.0 Å². The number of pyridine rings is 1. The SMILES string of the molecule is Cc1cc(N)cnc1NCCCCNC(=O)C(C)C. The highest BCUT2D eigenvalue weighted by molar-refractivity contribution is 5.77. The van der Waals surface area contributed by atoms with Gasteiger partial charge in [0.05, 0.1) is 11.9 Å². The summed E-state index contributed by atoms with van der Waals surface area (Å²) in [7, 11) is 0. The van der Waals surface area contributed by atoms with Gasteiger partial charge in [0.25, 0.3) is 0 Å². The number of aromatic nitrogens is 1. The molecular formula is C14H24N4O. The Morgan fingerprint density at radius 1 is 1.37 bits per heavy atom. The molecule has 0 bridgehead atoms. The Balaban J connectivity index is 2.16. The van der Waals surface area contributed by atoms with Gasteiger partial charge in [-0.15, -0.1) is 0 Å². The molecule has 1 aromatic heterocycles. The summed E-state index contributed by atoms with van der Waals surface area (Å²) in [5.41, 5.74) is 7.37. The standard InChI is InChI=1S/C14H24N4O/c1-10(2)14(19)17-7-5-4-6-16-13-11(3)8-12(15)9-18-13/h8-10H,4-7,15H2,1-3H3,(H,16,18)(H,17,19). The number of aryl methyl sites for hydroxylation is 1. The van der Waals surface area contributed by atoms with Gasteiger partial charge in [0.15, 0.2) is 0 Å². The molecule has 106 valence electrons. The van der Waals surface area contributed by atoms with Crippen molar-refractivity contribution >= 4 is 17.4 Å². The lowest BCUT2D eigenvalue weighted by atomic mass is 10.2. The average Bonchev–Trinajstić information content (AvgIpc) is 2.35. The molecule has 19 heavy (non-hydrogen) atoms. The second-order valence-electron chi connectivity index (χ2n) is 5.01. The molecule has 0 aromatic carbocycles. The Morgan fingerprint density at radius 2 is 2.05 bits per heavy atom. The van der Waals surface area contributed by atoms with E-state index in [2.05, 4.69) is 15.6 Å². The highest BCUT2D eigenvalue weighted by Crippen LogP contribution is 2.13. The van der Waals surface area contributed by atoms with Crippen LogP contribution in [0.4, 0.5) is 11.5 Å². The number of hydrogen-bond acceptors (Lipinski definition) is 4. The van der Waals surface area contributed by atoms with E-state index in [1.807, 2.05) is 26.8 Å². The van der Waals surface area contributed by atoms with Crippen molar-refractivity contribution in [1.82, 2.24) is 10.3 Å². The average molecular weight is 264 g/mol. The number of hydrogen-bond donors (Lipinski definition) is 3. The van der Waals surface area contributed by atoms with Crippen molar-refractivity contribution in [3.8, 4) is 0 Å². The van der Waals surface area contributed by atoms with Crippen LogP contribution < -0.4 is 16.4 Å². The van der Waals surface area contributed by atoms with Crippen LogP contribution in [0.5, 0.6) is 0 Å². The highest BCUT2D eigenvalue weighted by Gasteiger charge is 2.04. The van der Waals surface area contributed by atoms with Crippen molar-refractivity contribution in [2.45, 2.75) is 33.6 Å². The maximum atomic E-state index is 11.3. The van der Waals surface area contributed by atoms with E-state index in [0.717, 1.165) is 37.3 Å². The van der Waals surface area contributed by atoms with Crippen molar-refractivity contribution in [2.24, 2.45) is 5.92 Å². The third kappa shape index (κ3) is 5.59. The zero-order valence-corrected chi connectivity index (χ0v) is 12.0. The van der Waals surface area contributed by atoms with E-state index in [1.165, 1.54) is 0 Å². The largest absolute Gasteiger partial charge is 0.397 e. The molecule has 5 nitrogen and oxygen atoms in total. The zero-order valence-electron chi connectivity index (χ0n) is 12.0. The summed E-state index contributed by atoms with van der Waals surface area (Å²) in [6, 6.07) is 1.90. The summed E-state index contributed by atoms with van der Waals surface area (Å²) < 4.78 is 0. The molecule has 0 atom stereocenters. The van der Waals surface area contributed by atoms with Gasteiger partial charge in [0.2, 0.25) is 5.91 Å². The van der Waals surface area contributed by atoms with Crippen molar-refractivity contribution in [1.29, 1.82) is 0 Å². The molecule has 0 fully saturated rings. The Labute approximate surface area is 115 Å². The predicted molar refractivity (Wildman–Crippen MR) is 79.0 cm³/mol. The minimum absolute atomic E-state index is 0.0553. The first kappa shape index (κ1) is 15.3. The Morgan fingerprint density at radius 3 is 2.68 bits per heavy atom. The second kappa shape index (κ2) is 7.61. The zero-order chi connectivity index (χ0) is 14.3. The smallest absolute Gasteiger partial charge is 0.222 e. The third-order valence-corrected chi connectivity index (χ3v) is 2.82. The second-order valence-corrected chi connectivity index (χ2v) is 5.01. The summed E-state index contributed by atoms with van der Waals surface area (Å²) in [6.07, 6.45) is 3.60. The lowest BCUT2D eigenvalue weighted by molar-refractivity contribution is -0.123. The number of carbonyl (C=O) groups is 1. The number of amides is 1. The number of nitrogens with two attached hydrogens (primary N) is 1. The molecule has 0 aliphatic carbocycles. The summed E-state index contributed by atoms with van der Waals surface area (Å²) >= 11 is 0. The van der Waals surface area contributed by atoms with Crippen molar-refractivity contribution in [3.63, 3.8) is 0 Å². The number of rotatable bonds is 7. The maximum absolute atomic E-state index is 11.3. The molecule has 0 saturated heterocycles. The van der Waals surface area contributed by atoms with Gasteiger partial charge in [-0.05, 0) is 31.4 Å². The summed E-state index contributed by atoms with van der Waals surface area (Å²) in [5, 5.41) is 6.17. The van der Waals surface area contributed by atoms with Gasteiger partial charge in [-0.25, -0.2) is 4.98 Å². The van der Waals surface area contributed by atoms with E-state index in [4.69, 9.17) is 5.73 Å². The van der Waals surface area contributed by atoms with Crippen LogP contribution in [0.15, 0.2) is 12.3 Å². The number of nitrogens with one attached hydrogen (secondary N) is 2. The summed E-state index contributed by atoms with van der Waals surface area (Å²) in [5.74, 6) is 1.05. The van der Waals surface area contributed by atoms with Gasteiger partial charge in [-0.2, -0.15) is 0 Å². The molecule has 0 unspecified atom stereocenters. The molecule has 5 heteroatoms. The van der Waals surface area contributed by atoms with Crippen LogP contribution in [0.25, 0.3) is 0 Å². The van der Waals surface area contributed by atoms with Gasteiger partial charge in [-0.1, -0.05) is 13.8 Å². The fourth-order valence-electron chi connectivity index (χ4n) is 1.65. The van der Waals surface area contributed by atoms with E-state index in [9.17, 15) is 4.79 Å². The minimum Gasteiger partial charge on any atom is -0.397 e. The van der Waals surface area contributed by atoms with Gasteiger partial charge < -0.3 is 16.4 Å². The van der Waals surface area contributed by atoms with Crippen LogP contribution in [0.1, 0.15) is 32.3 Å². The van der Waals surface area contributed by atoms with Crippen molar-refractivity contribution in [2.75, 3.05) is 24.1 Å². The van der Waals surface area contributed by atoms with E-state index < -0.39 is 0 Å². The first-order valence-corrected chi connectivity index (χ1v) is 6.74. The van der Waals surface area contributed by atoms with E-state index in [1.54, 1.807) is 6.20 Å². The van der Waals surface area contributed by atoms with Crippen LogP contribution in [0, 0.1) is 12.8 Å². The van der Waals surface area contributed by atoms with Crippen LogP contribution in [-0.4, -0.2) is 24.0 Å². The molecule has 1 rings (SSSR count). The summed E-state index contributed by atoms with van der Waals surface area (Å²) in [4.78, 5) is 15.6. The van der Waals surface area contributed by atoms with Gasteiger partial charge in [0.1, 0.15) is 5.82 Å². The number of anilines is 2. The third-order valence-electron chi connectivity index (χ3n) is 2.82. The first-order valence-electron chi connectivity index (χ1n) is 6.74. The van der Waals surface area contributed by atoms with E-state index in [0.29, 0.717) is 5.69 Å². The normalized spacial score (nSPS) is 10.5. The summed E-state index contributed by atoms with van der Waals surface area (Å²) in [6.45, 7) is 7.34. The first-order chi connectivity index (χ1) is 9.00. The Bertz CT molecular complexity index is 418. The lowest BCUT2D eigenvalue weighted by Crippen LogP contribution is -2.28. The van der Waals surface area contributed by atoms with Crippen molar-refractivity contribution in [3.05, 3.63) is 17.8 Å². The molecule has 1 amide bonds. The maximum Gasteiger partial charge on any atom is 0.222 e. The molecule has 4 N–H and O–H groups in total. The molecule has 0 aliphatic rings. The minimum atomic E-state index is 0.0553.